The lowest BCUT2D eigenvalue weighted by Crippen LogP contribution is -2.12. The Morgan fingerprint density at radius 2 is 0.667 bits per heavy atom. The summed E-state index contributed by atoms with van der Waals surface area (Å²) < 4.78 is 18.0. The molecule has 10 aromatic carbocycles. The maximum atomic E-state index is 12.2. The summed E-state index contributed by atoms with van der Waals surface area (Å²) in [5, 5.41) is 53.1. The third kappa shape index (κ3) is 5.46. The minimum atomic E-state index is 0.232. The van der Waals surface area contributed by atoms with Gasteiger partial charge in [-0.2, -0.15) is 21.0 Å². The minimum absolute atomic E-state index is 0.232. The molecule has 4 heterocycles. The van der Waals surface area contributed by atoms with Gasteiger partial charge in [0.15, 0.2) is 0 Å². The molecule has 0 aliphatic carbocycles. The molecule has 0 N–H and O–H groups in total. The second-order valence-corrected chi connectivity index (χ2v) is 17.9. The van der Waals surface area contributed by atoms with Crippen LogP contribution < -0.4 is 0 Å². The lowest BCUT2D eigenvalue weighted by Gasteiger charge is -2.28. The first-order chi connectivity index (χ1) is 35.6. The molecule has 0 aliphatic rings. The first-order valence-corrected chi connectivity index (χ1v) is 23.4. The van der Waals surface area contributed by atoms with E-state index >= 15 is 0 Å². The largest absolute Gasteiger partial charge is 0.455 e. The van der Waals surface area contributed by atoms with E-state index in [9.17, 15) is 21.0 Å². The Hall–Kier alpha value is -10.6. The maximum Gasteiger partial charge on any atom is 0.145 e. The first kappa shape index (κ1) is 40.4. The summed E-state index contributed by atoms with van der Waals surface area (Å²) in [6, 6.07) is 73.0. The smallest absolute Gasteiger partial charge is 0.145 e. The molecule has 4 aromatic heterocycles. The van der Waals surface area contributed by atoms with Gasteiger partial charge in [-0.25, -0.2) is 0 Å². The number of benzene rings is 10. The molecule has 0 amide bonds. The van der Waals surface area contributed by atoms with Crippen molar-refractivity contribution in [3.05, 3.63) is 216 Å². The molecule has 0 aliphatic heterocycles. The van der Waals surface area contributed by atoms with Crippen LogP contribution in [0.2, 0.25) is 0 Å². The summed E-state index contributed by atoms with van der Waals surface area (Å²) >= 11 is 0. The first-order valence-electron chi connectivity index (χ1n) is 23.4. The molecule has 0 fully saturated rings. The van der Waals surface area contributed by atoms with Crippen LogP contribution in [-0.4, -0.2) is 9.13 Å². The molecule has 0 unspecified atom stereocenters. The van der Waals surface area contributed by atoms with Crippen LogP contribution in [0.1, 0.15) is 22.3 Å². The van der Waals surface area contributed by atoms with Crippen molar-refractivity contribution in [3.8, 4) is 69.0 Å². The van der Waals surface area contributed by atoms with Crippen LogP contribution >= 0.6 is 0 Å². The molecule has 8 heteroatoms. The second kappa shape index (κ2) is 15.4. The lowest BCUT2D eigenvalue weighted by atomic mass is 9.81. The van der Waals surface area contributed by atoms with Crippen LogP contribution in [0.5, 0.6) is 0 Å². The van der Waals surface area contributed by atoms with E-state index in [1.54, 1.807) is 18.2 Å². The van der Waals surface area contributed by atoms with Crippen molar-refractivity contribution in [2.24, 2.45) is 0 Å². The zero-order chi connectivity index (χ0) is 48.2. The molecule has 0 spiro atoms. The Kier molecular flexibility index (Phi) is 8.67. The predicted molar refractivity (Wildman–Crippen MR) is 285 cm³/mol. The van der Waals surface area contributed by atoms with E-state index in [2.05, 4.69) is 94.1 Å². The van der Waals surface area contributed by atoms with Crippen LogP contribution in [0.25, 0.3) is 132 Å². The van der Waals surface area contributed by atoms with E-state index in [1.807, 2.05) is 115 Å². The number of nitrogens with zero attached hydrogens (tertiary/aromatic N) is 6. The average Bonchev–Trinajstić information content (AvgIpc) is 4.20. The van der Waals surface area contributed by atoms with Crippen molar-refractivity contribution in [2.75, 3.05) is 0 Å². The Balaban J connectivity index is 1.32. The van der Waals surface area contributed by atoms with E-state index in [-0.39, 0.29) is 5.56 Å². The molecule has 14 aromatic rings. The summed E-state index contributed by atoms with van der Waals surface area (Å²) in [6.45, 7) is 0. The number of aromatic nitrogens is 2. The minimum Gasteiger partial charge on any atom is -0.455 e. The van der Waals surface area contributed by atoms with Crippen molar-refractivity contribution >= 4 is 87.5 Å². The maximum absolute atomic E-state index is 12.2. The Bertz CT molecular complexity index is 4610. The molecular formula is C64H32N6O2. The van der Waals surface area contributed by atoms with Gasteiger partial charge in [0.2, 0.25) is 0 Å². The van der Waals surface area contributed by atoms with Gasteiger partial charge < -0.3 is 18.0 Å². The standard InChI is InChI=1S/C64H32N6O2/c65-33-37-15-1-4-18-40(37)56-49(36-68)57(41-19-5-2-16-38(41)34-66)62(70-51-26-12-8-24-48(51)59-53(70)32-30-46-44-22-10-14-28-55(44)72-64(46)59)60(42-20-6-3-17-39(42)35-67)61(56)69-50-25-11-7-23-47(50)58-52(69)31-29-45-43-21-9-13-27-54(43)71-63(45)58/h1-32H. The summed E-state index contributed by atoms with van der Waals surface area (Å²) in [4.78, 5) is 0. The third-order valence-electron chi connectivity index (χ3n) is 14.3. The number of fused-ring (bicyclic) bond motifs is 14. The van der Waals surface area contributed by atoms with Crippen molar-refractivity contribution < 1.29 is 8.83 Å². The van der Waals surface area contributed by atoms with Crippen molar-refractivity contribution in [1.29, 1.82) is 21.0 Å². The molecular weight excluding hydrogens is 885 g/mol. The van der Waals surface area contributed by atoms with Gasteiger partial charge in [0.1, 0.15) is 28.4 Å². The van der Waals surface area contributed by atoms with Gasteiger partial charge in [-0.3, -0.25) is 0 Å². The zero-order valence-electron chi connectivity index (χ0n) is 38.0. The molecule has 330 valence electrons. The Labute approximate surface area is 410 Å². The van der Waals surface area contributed by atoms with Crippen LogP contribution in [0.15, 0.2) is 203 Å². The van der Waals surface area contributed by atoms with E-state index in [0.717, 1.165) is 76.3 Å². The van der Waals surface area contributed by atoms with Crippen LogP contribution in [0.3, 0.4) is 0 Å². The quantitative estimate of drug-likeness (QED) is 0.169. The van der Waals surface area contributed by atoms with Gasteiger partial charge in [0.05, 0.1) is 84.7 Å². The third-order valence-corrected chi connectivity index (χ3v) is 14.3. The summed E-state index contributed by atoms with van der Waals surface area (Å²) in [6.07, 6.45) is 0. The van der Waals surface area contributed by atoms with Crippen LogP contribution in [0.4, 0.5) is 0 Å². The molecule has 8 nitrogen and oxygen atoms in total. The van der Waals surface area contributed by atoms with Gasteiger partial charge in [-0.15, -0.1) is 0 Å². The zero-order valence-corrected chi connectivity index (χ0v) is 38.0. The van der Waals surface area contributed by atoms with Crippen molar-refractivity contribution in [2.45, 2.75) is 0 Å². The molecule has 0 radical (unpaired) electrons. The number of para-hydroxylation sites is 4. The van der Waals surface area contributed by atoms with E-state index in [1.165, 1.54) is 0 Å². The number of furan rings is 2. The van der Waals surface area contributed by atoms with E-state index in [4.69, 9.17) is 8.83 Å². The normalized spacial score (nSPS) is 11.6. The number of hydrogen-bond acceptors (Lipinski definition) is 6. The molecule has 72 heavy (non-hydrogen) atoms. The number of nitriles is 4. The summed E-state index contributed by atoms with van der Waals surface area (Å²) in [7, 11) is 0. The topological polar surface area (TPSA) is 131 Å². The number of rotatable bonds is 5. The fourth-order valence-electron chi connectivity index (χ4n) is 11.4. The summed E-state index contributed by atoms with van der Waals surface area (Å²) in [5.74, 6) is 0. The van der Waals surface area contributed by atoms with Gasteiger partial charge in [0.25, 0.3) is 0 Å². The Morgan fingerprint density at radius 3 is 1.08 bits per heavy atom. The monoisotopic (exact) mass is 916 g/mol. The van der Waals surface area contributed by atoms with Crippen molar-refractivity contribution in [1.82, 2.24) is 9.13 Å². The van der Waals surface area contributed by atoms with Gasteiger partial charge in [-0.1, -0.05) is 127 Å². The fourth-order valence-corrected chi connectivity index (χ4v) is 11.4. The Morgan fingerprint density at radius 1 is 0.306 bits per heavy atom. The average molecular weight is 917 g/mol. The molecule has 0 saturated heterocycles. The van der Waals surface area contributed by atoms with Crippen LogP contribution in [0, 0.1) is 45.3 Å². The highest BCUT2D eigenvalue weighted by atomic mass is 16.3. The predicted octanol–water partition coefficient (Wildman–Crippen LogP) is 16.2. The SMILES string of the molecule is N#Cc1ccccc1-c1c(C#N)c(-c2ccccc2C#N)c(-n2c3ccccc3c3c4oc5ccccc5c4ccc32)c(-c2ccccc2C#N)c1-n1c2ccccc2c2c3oc4ccccc4c3ccc21. The highest BCUT2D eigenvalue weighted by Gasteiger charge is 2.35. The van der Waals surface area contributed by atoms with Crippen molar-refractivity contribution in [3.63, 3.8) is 0 Å². The molecule has 0 bridgehead atoms. The summed E-state index contributed by atoms with van der Waals surface area (Å²) in [5.41, 5.74) is 11.6. The number of hydrogen-bond donors (Lipinski definition) is 0. The van der Waals surface area contributed by atoms with Gasteiger partial charge in [-0.05, 0) is 66.7 Å². The lowest BCUT2D eigenvalue weighted by molar-refractivity contribution is 0.672. The highest BCUT2D eigenvalue weighted by molar-refractivity contribution is 6.26. The highest BCUT2D eigenvalue weighted by Crippen LogP contribution is 2.54. The van der Waals surface area contributed by atoms with Crippen LogP contribution in [-0.2, 0) is 0 Å². The van der Waals surface area contributed by atoms with Gasteiger partial charge in [0, 0.05) is 65.7 Å². The fraction of sp³-hybridized carbons (Fsp3) is 0. The second-order valence-electron chi connectivity index (χ2n) is 17.9. The van der Waals surface area contributed by atoms with Gasteiger partial charge >= 0.3 is 0 Å². The van der Waals surface area contributed by atoms with E-state index < -0.39 is 0 Å². The molecule has 0 atom stereocenters. The molecule has 0 saturated carbocycles. The van der Waals surface area contributed by atoms with E-state index in [0.29, 0.717) is 72.6 Å². The molecule has 14 rings (SSSR count).